The molecular weight excluding hydrogens is 470 g/mol. The Bertz CT molecular complexity index is 1260. The summed E-state index contributed by atoms with van der Waals surface area (Å²) in [5.41, 5.74) is 7.32. The van der Waals surface area contributed by atoms with Gasteiger partial charge in [0.2, 0.25) is 0 Å². The standard InChI is InChI=1S/C24H29N5O3S2/c1-4-28(5-2)12-9-13-29-22(30)16-10-7-8-11-19(16)27-24(29)33-15-18-17(14-25)21(26)34-20(18)23(31)32-6-3/h7-8,10-11H,4-6,9,12-13,15,26H2,1-3H3. The van der Waals surface area contributed by atoms with Gasteiger partial charge in [-0.1, -0.05) is 37.7 Å². The predicted octanol–water partition coefficient (Wildman–Crippen LogP) is 4.11. The van der Waals surface area contributed by atoms with E-state index in [4.69, 9.17) is 15.5 Å². The van der Waals surface area contributed by atoms with Gasteiger partial charge >= 0.3 is 5.97 Å². The second-order valence-electron chi connectivity index (χ2n) is 7.52. The van der Waals surface area contributed by atoms with E-state index in [-0.39, 0.29) is 28.5 Å². The molecule has 0 amide bonds. The van der Waals surface area contributed by atoms with Crippen LogP contribution in [0.5, 0.6) is 0 Å². The van der Waals surface area contributed by atoms with Crippen molar-refractivity contribution in [3.63, 3.8) is 0 Å². The fourth-order valence-electron chi connectivity index (χ4n) is 3.69. The van der Waals surface area contributed by atoms with E-state index in [2.05, 4.69) is 24.8 Å². The van der Waals surface area contributed by atoms with Gasteiger partial charge in [-0.25, -0.2) is 9.78 Å². The van der Waals surface area contributed by atoms with E-state index in [0.29, 0.717) is 33.0 Å². The van der Waals surface area contributed by atoms with E-state index < -0.39 is 5.97 Å². The van der Waals surface area contributed by atoms with Crippen LogP contribution in [-0.4, -0.2) is 46.7 Å². The fraction of sp³-hybridized carbons (Fsp3) is 0.417. The number of benzene rings is 1. The molecule has 0 atom stereocenters. The number of esters is 1. The molecule has 180 valence electrons. The third kappa shape index (κ3) is 5.60. The van der Waals surface area contributed by atoms with Gasteiger partial charge in [-0.15, -0.1) is 11.3 Å². The fourth-order valence-corrected chi connectivity index (χ4v) is 5.77. The molecule has 0 aliphatic carbocycles. The lowest BCUT2D eigenvalue weighted by molar-refractivity contribution is 0.0531. The first-order valence-corrected chi connectivity index (χ1v) is 13.1. The molecule has 2 heterocycles. The van der Waals surface area contributed by atoms with Crippen molar-refractivity contribution < 1.29 is 9.53 Å². The van der Waals surface area contributed by atoms with Crippen LogP contribution in [0.2, 0.25) is 0 Å². The second kappa shape index (κ2) is 12.0. The molecule has 1 aromatic carbocycles. The normalized spacial score (nSPS) is 11.1. The Kier molecular flexibility index (Phi) is 9.10. The first-order chi connectivity index (χ1) is 16.4. The summed E-state index contributed by atoms with van der Waals surface area (Å²) in [7, 11) is 0. The van der Waals surface area contributed by atoms with E-state index in [0.717, 1.165) is 37.4 Å². The number of nitrogen functional groups attached to an aromatic ring is 1. The Morgan fingerprint density at radius 2 is 2.03 bits per heavy atom. The Labute approximate surface area is 207 Å². The third-order valence-corrected chi connectivity index (χ3v) is 7.57. The maximum absolute atomic E-state index is 13.3. The predicted molar refractivity (Wildman–Crippen MR) is 137 cm³/mol. The summed E-state index contributed by atoms with van der Waals surface area (Å²) >= 11 is 2.38. The average molecular weight is 500 g/mol. The van der Waals surface area contributed by atoms with Crippen molar-refractivity contribution in [1.82, 2.24) is 14.5 Å². The average Bonchev–Trinajstić information content (AvgIpc) is 3.17. The molecule has 0 saturated heterocycles. The number of carbonyl (C=O) groups excluding carboxylic acids is 1. The van der Waals surface area contributed by atoms with Gasteiger partial charge in [-0.3, -0.25) is 9.36 Å². The highest BCUT2D eigenvalue weighted by atomic mass is 32.2. The lowest BCUT2D eigenvalue weighted by atomic mass is 10.2. The number of fused-ring (bicyclic) bond motifs is 1. The Morgan fingerprint density at radius 1 is 1.29 bits per heavy atom. The van der Waals surface area contributed by atoms with Crippen molar-refractivity contribution in [1.29, 1.82) is 5.26 Å². The molecule has 0 unspecified atom stereocenters. The van der Waals surface area contributed by atoms with Gasteiger partial charge in [0.05, 0.1) is 23.1 Å². The monoisotopic (exact) mass is 499 g/mol. The number of carbonyl (C=O) groups is 1. The number of thioether (sulfide) groups is 1. The highest BCUT2D eigenvalue weighted by molar-refractivity contribution is 7.98. The maximum Gasteiger partial charge on any atom is 0.348 e. The number of para-hydroxylation sites is 1. The minimum atomic E-state index is -0.501. The molecule has 10 heteroatoms. The number of rotatable bonds is 11. The molecule has 2 N–H and O–H groups in total. The summed E-state index contributed by atoms with van der Waals surface area (Å²) < 4.78 is 6.85. The molecule has 34 heavy (non-hydrogen) atoms. The molecule has 0 fully saturated rings. The minimum absolute atomic E-state index is 0.0939. The van der Waals surface area contributed by atoms with E-state index in [9.17, 15) is 14.9 Å². The number of aromatic nitrogens is 2. The van der Waals surface area contributed by atoms with Gasteiger partial charge < -0.3 is 15.4 Å². The quantitative estimate of drug-likeness (QED) is 0.238. The molecule has 3 aromatic rings. The van der Waals surface area contributed by atoms with Crippen molar-refractivity contribution in [2.75, 3.05) is 32.0 Å². The van der Waals surface area contributed by atoms with Crippen LogP contribution in [0.1, 0.15) is 48.0 Å². The van der Waals surface area contributed by atoms with Crippen LogP contribution in [0.3, 0.4) is 0 Å². The molecule has 3 rings (SSSR count). The van der Waals surface area contributed by atoms with Crippen LogP contribution < -0.4 is 11.3 Å². The lowest BCUT2D eigenvalue weighted by Crippen LogP contribution is -2.28. The summed E-state index contributed by atoms with van der Waals surface area (Å²) in [5.74, 6) is -0.231. The van der Waals surface area contributed by atoms with E-state index >= 15 is 0 Å². The zero-order valence-corrected chi connectivity index (χ0v) is 21.3. The lowest BCUT2D eigenvalue weighted by Gasteiger charge is -2.19. The first-order valence-electron chi connectivity index (χ1n) is 11.3. The SMILES string of the molecule is CCOC(=O)c1sc(N)c(C#N)c1CSc1nc2ccccc2c(=O)n1CCCN(CC)CC. The smallest absolute Gasteiger partial charge is 0.348 e. The second-order valence-corrected chi connectivity index (χ2v) is 9.51. The van der Waals surface area contributed by atoms with E-state index in [1.807, 2.05) is 18.2 Å². The minimum Gasteiger partial charge on any atom is -0.462 e. The van der Waals surface area contributed by atoms with Crippen LogP contribution in [0, 0.1) is 11.3 Å². The van der Waals surface area contributed by atoms with Crippen LogP contribution in [-0.2, 0) is 17.0 Å². The number of ether oxygens (including phenoxy) is 1. The van der Waals surface area contributed by atoms with Crippen LogP contribution in [0.15, 0.2) is 34.2 Å². The molecule has 0 aliphatic heterocycles. The molecule has 2 aromatic heterocycles. The van der Waals surface area contributed by atoms with Gasteiger partial charge in [0.1, 0.15) is 15.9 Å². The molecule has 8 nitrogen and oxygen atoms in total. The van der Waals surface area contributed by atoms with E-state index in [1.165, 1.54) is 11.8 Å². The largest absolute Gasteiger partial charge is 0.462 e. The van der Waals surface area contributed by atoms with E-state index in [1.54, 1.807) is 17.6 Å². The zero-order valence-electron chi connectivity index (χ0n) is 19.7. The number of nitriles is 1. The highest BCUT2D eigenvalue weighted by Gasteiger charge is 2.24. The van der Waals surface area contributed by atoms with Gasteiger partial charge in [0.15, 0.2) is 5.16 Å². The number of nitrogens with zero attached hydrogens (tertiary/aromatic N) is 4. The number of nitrogens with two attached hydrogens (primary N) is 1. The molecule has 0 radical (unpaired) electrons. The number of hydrogen-bond donors (Lipinski definition) is 1. The van der Waals surface area contributed by atoms with Gasteiger partial charge in [0.25, 0.3) is 5.56 Å². The Morgan fingerprint density at radius 3 is 2.71 bits per heavy atom. The van der Waals surface area contributed by atoms with Crippen molar-refractivity contribution in [3.05, 3.63) is 50.6 Å². The molecule has 0 saturated carbocycles. The Hall–Kier alpha value is -2.87. The first kappa shape index (κ1) is 25.7. The molecule has 0 spiro atoms. The van der Waals surface area contributed by atoms with Crippen molar-refractivity contribution in [3.8, 4) is 6.07 Å². The van der Waals surface area contributed by atoms with Gasteiger partial charge in [-0.05, 0) is 45.1 Å². The number of thiophene rings is 1. The number of hydrogen-bond acceptors (Lipinski definition) is 9. The van der Waals surface area contributed by atoms with Crippen LogP contribution in [0.25, 0.3) is 10.9 Å². The summed E-state index contributed by atoms with van der Waals surface area (Å²) in [6.45, 7) is 9.50. The van der Waals surface area contributed by atoms with Gasteiger partial charge in [-0.2, -0.15) is 5.26 Å². The maximum atomic E-state index is 13.3. The topological polar surface area (TPSA) is 114 Å². The van der Waals surface area contributed by atoms with Crippen LogP contribution in [0.4, 0.5) is 5.00 Å². The summed E-state index contributed by atoms with van der Waals surface area (Å²) in [5, 5.41) is 11.0. The summed E-state index contributed by atoms with van der Waals surface area (Å²) in [4.78, 5) is 33.1. The molecule has 0 aliphatic rings. The van der Waals surface area contributed by atoms with Crippen molar-refractivity contribution >= 4 is 45.0 Å². The Balaban J connectivity index is 1.96. The van der Waals surface area contributed by atoms with Crippen molar-refractivity contribution in [2.45, 2.75) is 44.6 Å². The third-order valence-electron chi connectivity index (χ3n) is 5.53. The highest BCUT2D eigenvalue weighted by Crippen LogP contribution is 2.35. The van der Waals surface area contributed by atoms with Gasteiger partial charge in [0, 0.05) is 17.9 Å². The van der Waals surface area contributed by atoms with Crippen LogP contribution >= 0.6 is 23.1 Å². The molecular formula is C24H29N5O3S2. The van der Waals surface area contributed by atoms with Crippen molar-refractivity contribution in [2.24, 2.45) is 0 Å². The molecule has 0 bridgehead atoms. The zero-order chi connectivity index (χ0) is 24.7. The summed E-state index contributed by atoms with van der Waals surface area (Å²) in [6, 6.07) is 9.38. The number of anilines is 1. The summed E-state index contributed by atoms with van der Waals surface area (Å²) in [6.07, 6.45) is 0.804.